The summed E-state index contributed by atoms with van der Waals surface area (Å²) in [6, 6.07) is 9.12. The number of piperazine rings is 1. The molecule has 1 aromatic carbocycles. The van der Waals surface area contributed by atoms with Crippen LogP contribution in [0.1, 0.15) is 93.2 Å². The van der Waals surface area contributed by atoms with E-state index in [1.54, 1.807) is 0 Å². The van der Waals surface area contributed by atoms with Gasteiger partial charge in [0, 0.05) is 43.3 Å². The van der Waals surface area contributed by atoms with Gasteiger partial charge in [-0.25, -0.2) is 4.68 Å². The van der Waals surface area contributed by atoms with Crippen LogP contribution in [-0.4, -0.2) is 67.2 Å². The molecule has 3 aliphatic rings. The van der Waals surface area contributed by atoms with Crippen LogP contribution in [0.3, 0.4) is 0 Å². The minimum absolute atomic E-state index is 0.0361. The molecule has 2 aromatic heterocycles. The van der Waals surface area contributed by atoms with Crippen molar-refractivity contribution in [2.75, 3.05) is 26.2 Å². The predicted molar refractivity (Wildman–Crippen MR) is 141 cm³/mol. The number of tetrazole rings is 1. The van der Waals surface area contributed by atoms with Crippen molar-refractivity contribution in [3.8, 4) is 0 Å². The monoisotopic (exact) mass is 489 g/mol. The van der Waals surface area contributed by atoms with Crippen molar-refractivity contribution >= 4 is 10.9 Å². The molecule has 0 bridgehead atoms. The lowest BCUT2D eigenvalue weighted by Gasteiger charge is -2.43. The van der Waals surface area contributed by atoms with Gasteiger partial charge in [-0.15, -0.1) is 5.10 Å². The molecule has 3 aromatic rings. The van der Waals surface area contributed by atoms with Crippen molar-refractivity contribution in [2.45, 2.75) is 89.3 Å². The predicted octanol–water partition coefficient (Wildman–Crippen LogP) is 4.37. The Balaban J connectivity index is 1.36. The molecule has 0 unspecified atom stereocenters. The summed E-state index contributed by atoms with van der Waals surface area (Å²) in [5, 5.41) is 14.3. The molecule has 36 heavy (non-hydrogen) atoms. The zero-order valence-corrected chi connectivity index (χ0v) is 21.5. The SMILES string of the molecule is Cc1ccc2cc([C@@H](c3nnnn3C3CCCCC3)N3CCN(C4CCCCC4)CC3)c(=O)[nH]c2c1. The number of rotatable bonds is 5. The van der Waals surface area contributed by atoms with Gasteiger partial charge in [0.05, 0.1) is 6.04 Å². The van der Waals surface area contributed by atoms with Crippen molar-refractivity contribution in [2.24, 2.45) is 0 Å². The van der Waals surface area contributed by atoms with Crippen LogP contribution in [0.4, 0.5) is 0 Å². The van der Waals surface area contributed by atoms with Gasteiger partial charge < -0.3 is 4.98 Å². The second kappa shape index (κ2) is 10.4. The van der Waals surface area contributed by atoms with E-state index in [0.717, 1.165) is 72.9 Å². The molecule has 0 spiro atoms. The van der Waals surface area contributed by atoms with Crippen LogP contribution < -0.4 is 5.56 Å². The molecule has 1 N–H and O–H groups in total. The summed E-state index contributed by atoms with van der Waals surface area (Å²) in [5.41, 5.74) is 2.74. The van der Waals surface area contributed by atoms with Crippen molar-refractivity contribution < 1.29 is 0 Å². The highest BCUT2D eigenvalue weighted by Crippen LogP contribution is 2.34. The fourth-order valence-corrected chi connectivity index (χ4v) is 6.81. The average molecular weight is 490 g/mol. The second-order valence-corrected chi connectivity index (χ2v) is 11.2. The van der Waals surface area contributed by atoms with E-state index in [4.69, 9.17) is 0 Å². The van der Waals surface area contributed by atoms with Crippen molar-refractivity contribution in [1.82, 2.24) is 35.0 Å². The first kappa shape index (κ1) is 23.8. The van der Waals surface area contributed by atoms with E-state index in [0.29, 0.717) is 6.04 Å². The zero-order valence-electron chi connectivity index (χ0n) is 21.5. The Morgan fingerprint density at radius 2 is 1.58 bits per heavy atom. The van der Waals surface area contributed by atoms with Gasteiger partial charge in [-0.3, -0.25) is 14.6 Å². The summed E-state index contributed by atoms with van der Waals surface area (Å²) < 4.78 is 2.05. The quantitative estimate of drug-likeness (QED) is 0.573. The third-order valence-corrected chi connectivity index (χ3v) is 8.81. The molecule has 3 heterocycles. The maximum Gasteiger partial charge on any atom is 0.253 e. The van der Waals surface area contributed by atoms with Gasteiger partial charge in [-0.2, -0.15) is 0 Å². The summed E-state index contributed by atoms with van der Waals surface area (Å²) >= 11 is 0. The molecular formula is C28H39N7O. The lowest BCUT2D eigenvalue weighted by atomic mass is 9.93. The number of aryl methyl sites for hydroxylation is 1. The number of aromatic nitrogens is 5. The summed E-state index contributed by atoms with van der Waals surface area (Å²) in [5.74, 6) is 0.824. The topological polar surface area (TPSA) is 82.9 Å². The van der Waals surface area contributed by atoms with Crippen molar-refractivity contribution in [1.29, 1.82) is 0 Å². The smallest absolute Gasteiger partial charge is 0.253 e. The molecule has 3 fully saturated rings. The van der Waals surface area contributed by atoms with Crippen LogP contribution in [-0.2, 0) is 0 Å². The Morgan fingerprint density at radius 1 is 0.889 bits per heavy atom. The summed E-state index contributed by atoms with van der Waals surface area (Å²) in [7, 11) is 0. The summed E-state index contributed by atoms with van der Waals surface area (Å²) in [6.45, 7) is 5.97. The largest absolute Gasteiger partial charge is 0.322 e. The van der Waals surface area contributed by atoms with Gasteiger partial charge in [0.2, 0.25) is 0 Å². The number of fused-ring (bicyclic) bond motifs is 1. The standard InChI is InChI=1S/C28H39N7O/c1-20-12-13-21-19-24(28(36)29-25(21)18-20)26(27-30-31-32-35(27)23-10-6-3-7-11-23)34-16-14-33(15-17-34)22-8-4-2-5-9-22/h12-13,18-19,22-23,26H,2-11,14-17H2,1H3,(H,29,36)/t26-/m0/s1. The van der Waals surface area contributed by atoms with Crippen LogP contribution in [0.5, 0.6) is 0 Å². The molecule has 192 valence electrons. The van der Waals surface area contributed by atoms with Crippen molar-refractivity contribution in [3.63, 3.8) is 0 Å². The number of hydrogen-bond donors (Lipinski definition) is 1. The van der Waals surface area contributed by atoms with Crippen LogP contribution >= 0.6 is 0 Å². The van der Waals surface area contributed by atoms with E-state index in [1.165, 1.54) is 51.4 Å². The van der Waals surface area contributed by atoms with Gasteiger partial charge in [0.25, 0.3) is 5.56 Å². The molecule has 2 aliphatic carbocycles. The van der Waals surface area contributed by atoms with Crippen LogP contribution in [0.2, 0.25) is 0 Å². The Morgan fingerprint density at radius 3 is 2.31 bits per heavy atom. The minimum atomic E-state index is -0.245. The molecule has 0 amide bonds. The lowest BCUT2D eigenvalue weighted by molar-refractivity contribution is 0.0610. The van der Waals surface area contributed by atoms with Crippen LogP contribution in [0, 0.1) is 6.92 Å². The Bertz CT molecular complexity index is 1230. The van der Waals surface area contributed by atoms with Gasteiger partial charge >= 0.3 is 0 Å². The van der Waals surface area contributed by atoms with E-state index in [-0.39, 0.29) is 11.6 Å². The number of nitrogens with zero attached hydrogens (tertiary/aromatic N) is 6. The molecule has 6 rings (SSSR count). The molecule has 1 saturated heterocycles. The van der Waals surface area contributed by atoms with E-state index in [2.05, 4.69) is 60.1 Å². The minimum Gasteiger partial charge on any atom is -0.322 e. The van der Waals surface area contributed by atoms with E-state index in [1.807, 2.05) is 6.07 Å². The van der Waals surface area contributed by atoms with Crippen LogP contribution in [0.25, 0.3) is 10.9 Å². The zero-order chi connectivity index (χ0) is 24.5. The maximum absolute atomic E-state index is 13.6. The Hall–Kier alpha value is -2.58. The highest BCUT2D eigenvalue weighted by molar-refractivity contribution is 5.79. The molecule has 1 atom stereocenters. The number of benzene rings is 1. The van der Waals surface area contributed by atoms with Gasteiger partial charge in [-0.1, -0.05) is 50.7 Å². The van der Waals surface area contributed by atoms with Crippen LogP contribution in [0.15, 0.2) is 29.1 Å². The number of nitrogens with one attached hydrogen (secondary N) is 1. The summed E-state index contributed by atoms with van der Waals surface area (Å²) in [6.07, 6.45) is 12.7. The maximum atomic E-state index is 13.6. The third kappa shape index (κ3) is 4.73. The highest BCUT2D eigenvalue weighted by atomic mass is 16.1. The molecule has 1 aliphatic heterocycles. The molecule has 0 radical (unpaired) electrons. The van der Waals surface area contributed by atoms with Gasteiger partial charge in [-0.05, 0) is 66.1 Å². The first-order valence-corrected chi connectivity index (χ1v) is 14.1. The average Bonchev–Trinajstić information content (AvgIpc) is 3.40. The highest BCUT2D eigenvalue weighted by Gasteiger charge is 2.35. The molecule has 8 heteroatoms. The number of aromatic amines is 1. The van der Waals surface area contributed by atoms with E-state index >= 15 is 0 Å². The first-order valence-electron chi connectivity index (χ1n) is 14.1. The summed E-state index contributed by atoms with van der Waals surface area (Å²) in [4.78, 5) is 21.9. The molecule has 8 nitrogen and oxygen atoms in total. The Labute approximate surface area is 213 Å². The van der Waals surface area contributed by atoms with E-state index in [9.17, 15) is 4.79 Å². The first-order chi connectivity index (χ1) is 17.7. The fourth-order valence-electron chi connectivity index (χ4n) is 6.81. The Kier molecular flexibility index (Phi) is 6.89. The number of hydrogen-bond acceptors (Lipinski definition) is 6. The normalized spacial score (nSPS) is 22.2. The number of pyridine rings is 1. The van der Waals surface area contributed by atoms with Crippen molar-refractivity contribution in [3.05, 3.63) is 51.6 Å². The number of H-pyrrole nitrogens is 1. The van der Waals surface area contributed by atoms with E-state index < -0.39 is 0 Å². The lowest BCUT2D eigenvalue weighted by Crippen LogP contribution is -2.52. The molecular weight excluding hydrogens is 450 g/mol. The molecule has 2 saturated carbocycles. The second-order valence-electron chi connectivity index (χ2n) is 11.2. The van der Waals surface area contributed by atoms with Gasteiger partial charge in [0.15, 0.2) is 5.82 Å². The fraction of sp³-hybridized carbons (Fsp3) is 0.643. The third-order valence-electron chi connectivity index (χ3n) is 8.81. The van der Waals surface area contributed by atoms with Gasteiger partial charge in [0.1, 0.15) is 6.04 Å².